The highest BCUT2D eigenvalue weighted by molar-refractivity contribution is 5.83. The van der Waals surface area contributed by atoms with Crippen LogP contribution in [-0.2, 0) is 11.3 Å². The average Bonchev–Trinajstić information content (AvgIpc) is 3.34. The molecular weight excluding hydrogens is 386 g/mol. The van der Waals surface area contributed by atoms with Crippen molar-refractivity contribution in [2.45, 2.75) is 77.9 Å². The third kappa shape index (κ3) is 2.83. The van der Waals surface area contributed by atoms with E-state index >= 15 is 0 Å². The minimum atomic E-state index is -0.0692. The zero-order chi connectivity index (χ0) is 21.5. The summed E-state index contributed by atoms with van der Waals surface area (Å²) in [5, 5.41) is 23.7. The van der Waals surface area contributed by atoms with Gasteiger partial charge in [0, 0.05) is 5.92 Å². The first-order chi connectivity index (χ1) is 14.9. The normalized spacial score (nSPS) is 47.5. The van der Waals surface area contributed by atoms with Gasteiger partial charge in [0.1, 0.15) is 12.6 Å². The maximum Gasteiger partial charge on any atom is 0.158 e. The molecule has 0 unspecified atom stereocenters. The van der Waals surface area contributed by atoms with Gasteiger partial charge >= 0.3 is 0 Å². The van der Waals surface area contributed by atoms with Crippen molar-refractivity contribution in [1.82, 2.24) is 9.78 Å². The van der Waals surface area contributed by atoms with Gasteiger partial charge in [-0.2, -0.15) is 10.4 Å². The third-order valence-electron chi connectivity index (χ3n) is 10.6. The monoisotopic (exact) mass is 421 g/mol. The van der Waals surface area contributed by atoms with Crippen LogP contribution >= 0.6 is 0 Å². The molecule has 1 aromatic rings. The quantitative estimate of drug-likeness (QED) is 0.796. The van der Waals surface area contributed by atoms with E-state index in [1.807, 2.05) is 6.92 Å². The number of aliphatic hydroxyl groups is 1. The molecule has 5 aliphatic carbocycles. The van der Waals surface area contributed by atoms with Gasteiger partial charge in [-0.25, -0.2) is 0 Å². The number of carbonyl (C=O) groups is 1. The average molecular weight is 422 g/mol. The Kier molecular flexibility index (Phi) is 4.45. The number of Topliss-reactive ketones (excluding diaryl/α,β-unsaturated/α-hetero) is 1. The summed E-state index contributed by atoms with van der Waals surface area (Å²) in [6.45, 7) is 4.65. The molecule has 1 N–H and O–H groups in total. The van der Waals surface area contributed by atoms with Crippen molar-refractivity contribution in [1.29, 1.82) is 5.26 Å². The fourth-order valence-corrected chi connectivity index (χ4v) is 9.36. The molecule has 31 heavy (non-hydrogen) atoms. The molecule has 0 saturated heterocycles. The number of hydrogen-bond acceptors (Lipinski definition) is 4. The number of nitriles is 1. The van der Waals surface area contributed by atoms with E-state index in [1.165, 1.54) is 38.5 Å². The largest absolute Gasteiger partial charge is 0.393 e. The highest BCUT2D eigenvalue weighted by Crippen LogP contribution is 2.74. The van der Waals surface area contributed by atoms with Crippen LogP contribution in [0, 0.1) is 71.0 Å². The predicted octanol–water partition coefficient (Wildman–Crippen LogP) is 4.12. The zero-order valence-electron chi connectivity index (χ0n) is 18.8. The smallest absolute Gasteiger partial charge is 0.158 e. The highest BCUT2D eigenvalue weighted by atomic mass is 16.3. The van der Waals surface area contributed by atoms with Crippen molar-refractivity contribution < 1.29 is 9.90 Å². The number of carbonyl (C=O) groups excluding carboxylic acids is 1. The maximum atomic E-state index is 13.6. The third-order valence-corrected chi connectivity index (χ3v) is 10.6. The van der Waals surface area contributed by atoms with E-state index in [-0.39, 0.29) is 17.4 Å². The number of fused-ring (bicyclic) bond motifs is 7. The van der Waals surface area contributed by atoms with Crippen molar-refractivity contribution >= 4 is 5.78 Å². The van der Waals surface area contributed by atoms with E-state index < -0.39 is 0 Å². The van der Waals surface area contributed by atoms with Crippen molar-refractivity contribution in [3.63, 3.8) is 0 Å². The van der Waals surface area contributed by atoms with Gasteiger partial charge in [-0.1, -0.05) is 6.92 Å². The molecule has 5 heteroatoms. The number of aliphatic hydroxyl groups excluding tert-OH is 1. The summed E-state index contributed by atoms with van der Waals surface area (Å²) in [5.74, 6) is 5.74. The molecule has 1 heterocycles. The van der Waals surface area contributed by atoms with E-state index in [1.54, 1.807) is 10.9 Å². The van der Waals surface area contributed by atoms with Crippen LogP contribution in [0.15, 0.2) is 6.20 Å². The molecule has 0 aromatic carbocycles. The summed E-state index contributed by atoms with van der Waals surface area (Å²) in [4.78, 5) is 13.6. The lowest BCUT2D eigenvalue weighted by Gasteiger charge is -2.57. The molecule has 0 radical (unpaired) electrons. The molecule has 0 aliphatic heterocycles. The SMILES string of the molecule is Cc1c(C#N)cnn1CC(=O)[C@H]1[C@H]2C[C@H]2[C@H]2[C@@H]3CC[C@@H]4C[C@H](O)CC[C@@H]4[C@H]3CC[C@@]21C. The Morgan fingerprint density at radius 1 is 1.16 bits per heavy atom. The van der Waals surface area contributed by atoms with Crippen LogP contribution in [0.2, 0.25) is 0 Å². The van der Waals surface area contributed by atoms with E-state index in [0.29, 0.717) is 29.7 Å². The van der Waals surface area contributed by atoms with Crippen LogP contribution in [0.4, 0.5) is 0 Å². The van der Waals surface area contributed by atoms with Crippen LogP contribution in [0.25, 0.3) is 0 Å². The number of ketones is 1. The molecule has 5 aliphatic rings. The molecule has 5 saturated carbocycles. The molecule has 166 valence electrons. The summed E-state index contributed by atoms with van der Waals surface area (Å²) in [7, 11) is 0. The summed E-state index contributed by atoms with van der Waals surface area (Å²) < 4.78 is 1.75. The minimum absolute atomic E-state index is 0.0692. The molecule has 0 bridgehead atoms. The summed E-state index contributed by atoms with van der Waals surface area (Å²) in [6, 6.07) is 2.17. The van der Waals surface area contributed by atoms with Gasteiger partial charge in [-0.3, -0.25) is 9.48 Å². The Morgan fingerprint density at radius 2 is 1.97 bits per heavy atom. The lowest BCUT2D eigenvalue weighted by molar-refractivity contribution is -0.134. The molecule has 1 aromatic heterocycles. The standard InChI is InChI=1S/C26H35N3O2/c1-14-16(11-27)12-28-29(14)13-23(31)25-22-10-21(22)24-20-5-3-15-9-17(30)4-6-18(15)19(20)7-8-26(24,25)2/h12,15,17-22,24-25,30H,3-10,13H2,1-2H3/t15-,17-,18+,19-,20-,21-,22+,24-,25-,26+/m1/s1. The second-order valence-electron chi connectivity index (χ2n) is 11.8. The first-order valence-corrected chi connectivity index (χ1v) is 12.6. The van der Waals surface area contributed by atoms with Crippen molar-refractivity contribution in [2.75, 3.05) is 0 Å². The van der Waals surface area contributed by atoms with Crippen molar-refractivity contribution in [3.8, 4) is 6.07 Å². The second kappa shape index (κ2) is 6.91. The topological polar surface area (TPSA) is 78.9 Å². The Balaban J connectivity index is 1.24. The van der Waals surface area contributed by atoms with Gasteiger partial charge in [-0.15, -0.1) is 0 Å². The van der Waals surface area contributed by atoms with E-state index in [9.17, 15) is 15.2 Å². The second-order valence-corrected chi connectivity index (χ2v) is 11.8. The molecule has 0 amide bonds. The molecule has 5 nitrogen and oxygen atoms in total. The molecule has 6 rings (SSSR count). The first kappa shape index (κ1) is 20.0. The van der Waals surface area contributed by atoms with Crippen molar-refractivity contribution in [2.24, 2.45) is 52.8 Å². The summed E-state index contributed by atoms with van der Waals surface area (Å²) in [5.41, 5.74) is 1.53. The molecule has 0 spiro atoms. The number of aromatic nitrogens is 2. The maximum absolute atomic E-state index is 13.6. The fourth-order valence-electron chi connectivity index (χ4n) is 9.36. The van der Waals surface area contributed by atoms with Gasteiger partial charge in [-0.05, 0) is 105 Å². The zero-order valence-corrected chi connectivity index (χ0v) is 18.8. The van der Waals surface area contributed by atoms with Crippen LogP contribution in [0.3, 0.4) is 0 Å². The summed E-state index contributed by atoms with van der Waals surface area (Å²) in [6.07, 6.45) is 11.1. The Bertz CT molecular complexity index is 947. The van der Waals surface area contributed by atoms with Gasteiger partial charge in [0.25, 0.3) is 0 Å². The van der Waals surface area contributed by atoms with E-state index in [4.69, 9.17) is 0 Å². The van der Waals surface area contributed by atoms with Gasteiger partial charge in [0.05, 0.1) is 23.6 Å². The van der Waals surface area contributed by atoms with Gasteiger partial charge in [0.2, 0.25) is 0 Å². The van der Waals surface area contributed by atoms with Crippen LogP contribution in [0.5, 0.6) is 0 Å². The molecule has 5 fully saturated rings. The predicted molar refractivity (Wildman–Crippen MR) is 116 cm³/mol. The summed E-state index contributed by atoms with van der Waals surface area (Å²) >= 11 is 0. The lowest BCUT2D eigenvalue weighted by Crippen LogP contribution is -2.51. The van der Waals surface area contributed by atoms with Crippen LogP contribution in [-0.4, -0.2) is 26.8 Å². The number of hydrogen-bond donors (Lipinski definition) is 1. The van der Waals surface area contributed by atoms with Crippen molar-refractivity contribution in [3.05, 3.63) is 17.5 Å². The van der Waals surface area contributed by atoms with E-state index in [0.717, 1.165) is 48.1 Å². The highest BCUT2D eigenvalue weighted by Gasteiger charge is 2.70. The number of rotatable bonds is 3. The number of nitrogens with zero attached hydrogens (tertiary/aromatic N) is 3. The van der Waals surface area contributed by atoms with Crippen LogP contribution < -0.4 is 0 Å². The Hall–Kier alpha value is -1.67. The first-order valence-electron chi connectivity index (χ1n) is 12.6. The Labute approximate surface area is 185 Å². The molecular formula is C26H35N3O2. The van der Waals surface area contributed by atoms with E-state index in [2.05, 4.69) is 18.1 Å². The lowest BCUT2D eigenvalue weighted by atomic mass is 9.48. The van der Waals surface area contributed by atoms with Gasteiger partial charge in [0.15, 0.2) is 5.78 Å². The Morgan fingerprint density at radius 3 is 2.74 bits per heavy atom. The molecule has 10 atom stereocenters. The minimum Gasteiger partial charge on any atom is -0.393 e. The fraction of sp³-hybridized carbons (Fsp3) is 0.808. The van der Waals surface area contributed by atoms with Gasteiger partial charge < -0.3 is 5.11 Å². The van der Waals surface area contributed by atoms with Crippen LogP contribution in [0.1, 0.15) is 69.5 Å².